The van der Waals surface area contributed by atoms with Gasteiger partial charge in [0.15, 0.2) is 0 Å². The molecule has 2 heterocycles. The quantitative estimate of drug-likeness (QED) is 0.925. The van der Waals surface area contributed by atoms with Gasteiger partial charge in [0.25, 0.3) is 0 Å². The molecule has 26 heavy (non-hydrogen) atoms. The van der Waals surface area contributed by atoms with E-state index < -0.39 is 5.60 Å². The normalized spacial score (nSPS) is 29.9. The second-order valence-corrected chi connectivity index (χ2v) is 9.27. The molecular formula is C22H26N2O2. The Morgan fingerprint density at radius 1 is 1.15 bits per heavy atom. The molecule has 1 saturated heterocycles. The van der Waals surface area contributed by atoms with E-state index in [1.165, 1.54) is 23.9 Å². The summed E-state index contributed by atoms with van der Waals surface area (Å²) in [5.41, 5.74) is 2.03. The first-order valence-electron chi connectivity index (χ1n) is 9.77. The second-order valence-electron chi connectivity index (χ2n) is 9.27. The highest BCUT2D eigenvalue weighted by atomic mass is 16.3. The van der Waals surface area contributed by atoms with Gasteiger partial charge in [0.05, 0.1) is 11.1 Å². The molecule has 1 amide bonds. The van der Waals surface area contributed by atoms with Gasteiger partial charge in [-0.2, -0.15) is 0 Å². The summed E-state index contributed by atoms with van der Waals surface area (Å²) in [5.74, 6) is 1.02. The minimum atomic E-state index is -0.614. The number of carbonyl (C=O) groups excluding carboxylic acids is 1. The molecule has 2 aliphatic carbocycles. The summed E-state index contributed by atoms with van der Waals surface area (Å²) in [6.07, 6.45) is 4.74. The molecule has 0 radical (unpaired) electrons. The average Bonchev–Trinajstić information content (AvgIpc) is 2.52. The molecule has 2 saturated carbocycles. The monoisotopic (exact) mass is 350 g/mol. The fourth-order valence-electron chi connectivity index (χ4n) is 5.44. The molecule has 4 heteroatoms. The van der Waals surface area contributed by atoms with Gasteiger partial charge in [-0.05, 0) is 57.1 Å². The minimum absolute atomic E-state index is 0.0556. The predicted molar refractivity (Wildman–Crippen MR) is 101 cm³/mol. The molecule has 3 aliphatic rings. The Hall–Kier alpha value is -1.94. The van der Waals surface area contributed by atoms with Gasteiger partial charge < -0.3 is 10.0 Å². The van der Waals surface area contributed by atoms with Gasteiger partial charge in [-0.1, -0.05) is 24.3 Å². The number of carbonyl (C=O) groups is 1. The van der Waals surface area contributed by atoms with Crippen molar-refractivity contribution in [2.75, 3.05) is 13.1 Å². The van der Waals surface area contributed by atoms with Crippen molar-refractivity contribution in [3.05, 3.63) is 42.1 Å². The predicted octanol–water partition coefficient (Wildman–Crippen LogP) is 3.18. The Labute approximate surface area is 154 Å². The summed E-state index contributed by atoms with van der Waals surface area (Å²) in [5, 5.41) is 11.0. The molecule has 5 rings (SSSR count). The number of hydrogen-bond acceptors (Lipinski definition) is 3. The molecular weight excluding hydrogens is 324 g/mol. The summed E-state index contributed by atoms with van der Waals surface area (Å²) in [6.45, 7) is 3.67. The number of benzene rings is 1. The van der Waals surface area contributed by atoms with E-state index in [9.17, 15) is 9.90 Å². The Morgan fingerprint density at radius 3 is 2.62 bits per heavy atom. The third kappa shape index (κ3) is 2.71. The SMILES string of the molecule is CC1(O)CC(C(=O)N2CC3(CC(Cc4ccc5ccccc5n4)C3)C2)C1. The van der Waals surface area contributed by atoms with Crippen LogP contribution in [-0.4, -0.2) is 39.6 Å². The summed E-state index contributed by atoms with van der Waals surface area (Å²) in [7, 11) is 0. The number of pyridine rings is 1. The lowest BCUT2D eigenvalue weighted by atomic mass is 9.56. The number of hydrogen-bond donors (Lipinski definition) is 1. The smallest absolute Gasteiger partial charge is 0.225 e. The van der Waals surface area contributed by atoms with E-state index in [4.69, 9.17) is 4.98 Å². The lowest BCUT2D eigenvalue weighted by Gasteiger charge is -2.60. The number of fused-ring (bicyclic) bond motifs is 1. The standard InChI is InChI=1S/C22H26N2O2/c1-21(26)11-17(12-21)20(25)24-13-22(14-24)9-15(10-22)8-18-7-6-16-4-2-3-5-19(16)23-18/h2-7,15,17,26H,8-14H2,1H3. The van der Waals surface area contributed by atoms with Crippen molar-refractivity contribution in [3.63, 3.8) is 0 Å². The third-order valence-electron chi connectivity index (χ3n) is 6.68. The molecule has 136 valence electrons. The van der Waals surface area contributed by atoms with Crippen LogP contribution in [-0.2, 0) is 11.2 Å². The molecule has 1 aromatic carbocycles. The maximum absolute atomic E-state index is 12.4. The summed E-state index contributed by atoms with van der Waals surface area (Å²) < 4.78 is 0. The first-order valence-corrected chi connectivity index (χ1v) is 9.77. The molecule has 0 bridgehead atoms. The van der Waals surface area contributed by atoms with E-state index in [1.54, 1.807) is 0 Å². The lowest BCUT2D eigenvalue weighted by molar-refractivity contribution is -0.171. The largest absolute Gasteiger partial charge is 0.390 e. The number of para-hydroxylation sites is 1. The van der Waals surface area contributed by atoms with Gasteiger partial charge in [-0.25, -0.2) is 0 Å². The van der Waals surface area contributed by atoms with Gasteiger partial charge in [0.1, 0.15) is 0 Å². The van der Waals surface area contributed by atoms with Crippen molar-refractivity contribution in [3.8, 4) is 0 Å². The third-order valence-corrected chi connectivity index (χ3v) is 6.68. The highest BCUT2D eigenvalue weighted by Gasteiger charge is 2.55. The zero-order valence-electron chi connectivity index (χ0n) is 15.3. The van der Waals surface area contributed by atoms with Gasteiger partial charge in [0, 0.05) is 35.5 Å². The van der Waals surface area contributed by atoms with Crippen LogP contribution in [0.5, 0.6) is 0 Å². The first-order chi connectivity index (χ1) is 12.4. The molecule has 4 nitrogen and oxygen atoms in total. The van der Waals surface area contributed by atoms with E-state index in [1.807, 2.05) is 24.0 Å². The van der Waals surface area contributed by atoms with Crippen molar-refractivity contribution >= 4 is 16.8 Å². The van der Waals surface area contributed by atoms with Crippen molar-refractivity contribution in [2.45, 2.75) is 44.6 Å². The number of likely N-dealkylation sites (tertiary alicyclic amines) is 1. The number of nitrogens with zero attached hydrogens (tertiary/aromatic N) is 2. The van der Waals surface area contributed by atoms with E-state index in [2.05, 4.69) is 24.3 Å². The summed E-state index contributed by atoms with van der Waals surface area (Å²) in [6, 6.07) is 12.6. The Bertz CT molecular complexity index is 853. The maximum atomic E-state index is 12.4. The fourth-order valence-corrected chi connectivity index (χ4v) is 5.44. The Kier molecular flexibility index (Phi) is 3.45. The number of amides is 1. The van der Waals surface area contributed by atoms with Crippen LogP contribution in [0.4, 0.5) is 0 Å². The topological polar surface area (TPSA) is 53.4 Å². The van der Waals surface area contributed by atoms with Gasteiger partial charge in [0.2, 0.25) is 5.91 Å². The molecule has 0 unspecified atom stereocenters. The van der Waals surface area contributed by atoms with E-state index in [-0.39, 0.29) is 11.8 Å². The zero-order chi connectivity index (χ0) is 17.9. The molecule has 0 atom stereocenters. The number of aromatic nitrogens is 1. The zero-order valence-corrected chi connectivity index (χ0v) is 15.3. The van der Waals surface area contributed by atoms with E-state index in [0.717, 1.165) is 25.0 Å². The van der Waals surface area contributed by atoms with Crippen molar-refractivity contribution in [1.82, 2.24) is 9.88 Å². The summed E-state index contributed by atoms with van der Waals surface area (Å²) >= 11 is 0. The van der Waals surface area contributed by atoms with Crippen molar-refractivity contribution in [2.24, 2.45) is 17.3 Å². The number of aliphatic hydroxyl groups is 1. The van der Waals surface area contributed by atoms with Crippen LogP contribution >= 0.6 is 0 Å². The van der Waals surface area contributed by atoms with Gasteiger partial charge in [-0.15, -0.1) is 0 Å². The van der Waals surface area contributed by atoms with E-state index >= 15 is 0 Å². The van der Waals surface area contributed by atoms with Crippen LogP contribution in [0.2, 0.25) is 0 Å². The molecule has 1 aliphatic heterocycles. The molecule has 1 N–H and O–H groups in total. The lowest BCUT2D eigenvalue weighted by Crippen LogP contribution is -2.66. The van der Waals surface area contributed by atoms with Crippen LogP contribution in [0.15, 0.2) is 36.4 Å². The van der Waals surface area contributed by atoms with Crippen LogP contribution in [0, 0.1) is 17.3 Å². The van der Waals surface area contributed by atoms with Crippen LogP contribution in [0.1, 0.15) is 38.3 Å². The van der Waals surface area contributed by atoms with Crippen molar-refractivity contribution < 1.29 is 9.90 Å². The first kappa shape index (κ1) is 16.2. The number of rotatable bonds is 3. The fraction of sp³-hybridized carbons (Fsp3) is 0.545. The van der Waals surface area contributed by atoms with Crippen molar-refractivity contribution in [1.29, 1.82) is 0 Å². The summed E-state index contributed by atoms with van der Waals surface area (Å²) in [4.78, 5) is 19.2. The minimum Gasteiger partial charge on any atom is -0.390 e. The van der Waals surface area contributed by atoms with E-state index in [0.29, 0.717) is 24.2 Å². The molecule has 2 aromatic rings. The average molecular weight is 350 g/mol. The maximum Gasteiger partial charge on any atom is 0.225 e. The highest BCUT2D eigenvalue weighted by molar-refractivity contribution is 5.81. The van der Waals surface area contributed by atoms with Crippen LogP contribution in [0.25, 0.3) is 10.9 Å². The van der Waals surface area contributed by atoms with Gasteiger partial charge in [-0.3, -0.25) is 9.78 Å². The Morgan fingerprint density at radius 2 is 1.88 bits per heavy atom. The molecule has 1 spiro atoms. The highest BCUT2D eigenvalue weighted by Crippen LogP contribution is 2.53. The Balaban J connectivity index is 1.13. The van der Waals surface area contributed by atoms with Crippen LogP contribution < -0.4 is 0 Å². The van der Waals surface area contributed by atoms with Crippen LogP contribution in [0.3, 0.4) is 0 Å². The molecule has 1 aromatic heterocycles. The second kappa shape index (κ2) is 5.53. The molecule has 3 fully saturated rings. The van der Waals surface area contributed by atoms with Gasteiger partial charge >= 0.3 is 0 Å².